The number of hydrogen-bond acceptors (Lipinski definition) is 5. The first-order valence-corrected chi connectivity index (χ1v) is 8.09. The van der Waals surface area contributed by atoms with Crippen LogP contribution in [0.25, 0.3) is 0 Å². The summed E-state index contributed by atoms with van der Waals surface area (Å²) < 4.78 is 16.6. The van der Waals surface area contributed by atoms with Gasteiger partial charge in [-0.1, -0.05) is 24.3 Å². The van der Waals surface area contributed by atoms with Crippen LogP contribution in [0.5, 0.6) is 5.75 Å². The minimum atomic E-state index is -0.750. The van der Waals surface area contributed by atoms with E-state index in [9.17, 15) is 9.59 Å². The molecular weight excluding hydrogens is 310 g/mol. The number of benzene rings is 1. The number of rotatable bonds is 4. The van der Waals surface area contributed by atoms with Crippen molar-refractivity contribution < 1.29 is 23.8 Å². The number of fused-ring (bicyclic) bond motifs is 1. The molecule has 3 heterocycles. The van der Waals surface area contributed by atoms with Gasteiger partial charge in [0, 0.05) is 0 Å². The molecule has 0 aliphatic carbocycles. The van der Waals surface area contributed by atoms with Crippen LogP contribution in [0.15, 0.2) is 36.4 Å². The van der Waals surface area contributed by atoms with E-state index in [1.807, 2.05) is 36.4 Å². The topological polar surface area (TPSA) is 65.1 Å². The summed E-state index contributed by atoms with van der Waals surface area (Å²) in [5, 5.41) is 0. The lowest BCUT2D eigenvalue weighted by Crippen LogP contribution is -2.40. The fourth-order valence-electron chi connectivity index (χ4n) is 4.06. The van der Waals surface area contributed by atoms with Crippen LogP contribution in [0.3, 0.4) is 0 Å². The molecule has 0 radical (unpaired) electrons. The summed E-state index contributed by atoms with van der Waals surface area (Å²) in [4.78, 5) is 27.1. The normalized spacial score (nSPS) is 33.0. The second kappa shape index (κ2) is 5.34. The lowest BCUT2D eigenvalue weighted by atomic mass is 9.77. The predicted molar refractivity (Wildman–Crippen MR) is 85.7 cm³/mol. The second-order valence-electron chi connectivity index (χ2n) is 6.25. The number of hydrogen-bond donors (Lipinski definition) is 0. The number of carbonyl (C=O) groups excluding carboxylic acids is 2. The molecule has 1 aromatic rings. The van der Waals surface area contributed by atoms with E-state index in [2.05, 4.69) is 0 Å². The largest absolute Gasteiger partial charge is 0.495 e. The van der Waals surface area contributed by atoms with E-state index in [0.717, 1.165) is 0 Å². The van der Waals surface area contributed by atoms with Crippen molar-refractivity contribution >= 4 is 17.6 Å². The molecule has 2 bridgehead atoms. The average molecular weight is 329 g/mol. The maximum atomic E-state index is 13.1. The van der Waals surface area contributed by atoms with Gasteiger partial charge in [-0.25, -0.2) is 0 Å². The van der Waals surface area contributed by atoms with Crippen molar-refractivity contribution in [3.63, 3.8) is 0 Å². The Bertz CT molecular complexity index is 730. The zero-order valence-corrected chi connectivity index (χ0v) is 13.6. The van der Waals surface area contributed by atoms with Gasteiger partial charge in [-0.3, -0.25) is 9.59 Å². The molecule has 24 heavy (non-hydrogen) atoms. The molecule has 6 heteroatoms. The highest BCUT2D eigenvalue weighted by atomic mass is 16.6. The molecule has 0 saturated carbocycles. The fourth-order valence-corrected chi connectivity index (χ4v) is 4.06. The van der Waals surface area contributed by atoms with Crippen molar-refractivity contribution in [3.8, 4) is 5.75 Å². The number of para-hydroxylation sites is 2. The van der Waals surface area contributed by atoms with Gasteiger partial charge in [0.15, 0.2) is 0 Å². The smallest absolute Gasteiger partial charge is 0.312 e. The van der Waals surface area contributed by atoms with Gasteiger partial charge < -0.3 is 19.1 Å². The third-order valence-corrected chi connectivity index (χ3v) is 5.04. The van der Waals surface area contributed by atoms with Gasteiger partial charge >= 0.3 is 5.97 Å². The zero-order valence-electron chi connectivity index (χ0n) is 13.6. The Hall–Kier alpha value is -2.34. The first kappa shape index (κ1) is 15.2. The summed E-state index contributed by atoms with van der Waals surface area (Å²) in [6.07, 6.45) is 3.42. The summed E-state index contributed by atoms with van der Waals surface area (Å²) in [7, 11) is 1.57. The molecule has 2 saturated heterocycles. The number of ether oxygens (including phenoxy) is 3. The SMILES string of the molecule is CCOC(=O)[C@H]1[C@@H]2C=C[C@@]3(CN(c4ccccc4OC)C(=O)[C@H]13)O2. The average Bonchev–Trinajstić information content (AvgIpc) is 3.23. The molecule has 3 aliphatic heterocycles. The molecule has 0 aromatic heterocycles. The van der Waals surface area contributed by atoms with E-state index >= 15 is 0 Å². The summed E-state index contributed by atoms with van der Waals surface area (Å²) >= 11 is 0. The number of nitrogens with zero attached hydrogens (tertiary/aromatic N) is 1. The Morgan fingerprint density at radius 2 is 2.21 bits per heavy atom. The first-order chi connectivity index (χ1) is 11.6. The van der Waals surface area contributed by atoms with E-state index in [-0.39, 0.29) is 24.6 Å². The van der Waals surface area contributed by atoms with E-state index < -0.39 is 17.4 Å². The third-order valence-electron chi connectivity index (χ3n) is 5.04. The maximum Gasteiger partial charge on any atom is 0.312 e. The van der Waals surface area contributed by atoms with E-state index in [1.165, 1.54) is 0 Å². The number of esters is 1. The van der Waals surface area contributed by atoms with Gasteiger partial charge in [0.1, 0.15) is 17.3 Å². The van der Waals surface area contributed by atoms with Gasteiger partial charge in [0.2, 0.25) is 5.91 Å². The van der Waals surface area contributed by atoms with Gasteiger partial charge in [0.05, 0.1) is 38.0 Å². The fraction of sp³-hybridized carbons (Fsp3) is 0.444. The molecule has 126 valence electrons. The third kappa shape index (κ3) is 1.92. The highest BCUT2D eigenvalue weighted by molar-refractivity contribution is 6.03. The number of methoxy groups -OCH3 is 1. The lowest BCUT2D eigenvalue weighted by Gasteiger charge is -2.22. The van der Waals surface area contributed by atoms with Crippen molar-refractivity contribution in [3.05, 3.63) is 36.4 Å². The van der Waals surface area contributed by atoms with Gasteiger partial charge in [0.25, 0.3) is 0 Å². The number of anilines is 1. The van der Waals surface area contributed by atoms with Crippen molar-refractivity contribution in [2.75, 3.05) is 25.2 Å². The Morgan fingerprint density at radius 3 is 2.96 bits per heavy atom. The van der Waals surface area contributed by atoms with E-state index in [4.69, 9.17) is 14.2 Å². The monoisotopic (exact) mass is 329 g/mol. The van der Waals surface area contributed by atoms with Crippen LogP contribution >= 0.6 is 0 Å². The molecule has 1 amide bonds. The van der Waals surface area contributed by atoms with Crippen molar-refractivity contribution in [2.45, 2.75) is 18.6 Å². The number of amides is 1. The number of carbonyl (C=O) groups is 2. The van der Waals surface area contributed by atoms with Gasteiger partial charge in [-0.15, -0.1) is 0 Å². The van der Waals surface area contributed by atoms with Crippen molar-refractivity contribution in [2.24, 2.45) is 11.8 Å². The maximum absolute atomic E-state index is 13.1. The van der Waals surface area contributed by atoms with Crippen LogP contribution in [-0.2, 0) is 19.1 Å². The Labute approximate surface area is 140 Å². The molecule has 1 aromatic carbocycles. The second-order valence-corrected chi connectivity index (χ2v) is 6.25. The zero-order chi connectivity index (χ0) is 16.9. The molecule has 1 spiro atoms. The molecule has 2 fully saturated rings. The highest BCUT2D eigenvalue weighted by Gasteiger charge is 2.67. The van der Waals surface area contributed by atoms with Crippen LogP contribution < -0.4 is 9.64 Å². The first-order valence-electron chi connectivity index (χ1n) is 8.09. The summed E-state index contributed by atoms with van der Waals surface area (Å²) in [6, 6.07) is 7.36. The molecule has 4 atom stereocenters. The Morgan fingerprint density at radius 1 is 1.42 bits per heavy atom. The molecule has 0 unspecified atom stereocenters. The predicted octanol–water partition coefficient (Wildman–Crippen LogP) is 1.54. The van der Waals surface area contributed by atoms with E-state index in [1.54, 1.807) is 18.9 Å². The van der Waals surface area contributed by atoms with Crippen LogP contribution in [0.4, 0.5) is 5.69 Å². The van der Waals surface area contributed by atoms with Crippen molar-refractivity contribution in [1.29, 1.82) is 0 Å². The minimum Gasteiger partial charge on any atom is -0.495 e. The van der Waals surface area contributed by atoms with Crippen LogP contribution in [-0.4, -0.2) is 43.8 Å². The Kier molecular flexibility index (Phi) is 3.38. The standard InChI is InChI=1S/C18H19NO5/c1-3-23-17(21)14-13-8-9-18(24-13)10-19(16(20)15(14)18)11-6-4-5-7-12(11)22-2/h4-9,13-15H,3,10H2,1-2H3/t13-,14-,15-,18-/m0/s1. The van der Waals surface area contributed by atoms with Crippen LogP contribution in [0.1, 0.15) is 6.92 Å². The lowest BCUT2D eigenvalue weighted by molar-refractivity contribution is -0.151. The van der Waals surface area contributed by atoms with Crippen LogP contribution in [0, 0.1) is 11.8 Å². The molecular formula is C18H19NO5. The summed E-state index contributed by atoms with van der Waals surface area (Å²) in [6.45, 7) is 2.42. The quantitative estimate of drug-likeness (QED) is 0.619. The Balaban J connectivity index is 1.71. The minimum absolute atomic E-state index is 0.121. The van der Waals surface area contributed by atoms with Crippen molar-refractivity contribution in [1.82, 2.24) is 0 Å². The molecule has 6 nitrogen and oxygen atoms in total. The van der Waals surface area contributed by atoms with Gasteiger partial charge in [-0.2, -0.15) is 0 Å². The molecule has 4 rings (SSSR count). The molecule has 3 aliphatic rings. The van der Waals surface area contributed by atoms with E-state index in [0.29, 0.717) is 18.0 Å². The van der Waals surface area contributed by atoms with Gasteiger partial charge in [-0.05, 0) is 19.1 Å². The van der Waals surface area contributed by atoms with Crippen LogP contribution in [0.2, 0.25) is 0 Å². The summed E-state index contributed by atoms with van der Waals surface area (Å²) in [5.41, 5.74) is -0.0585. The summed E-state index contributed by atoms with van der Waals surface area (Å²) in [5.74, 6) is -0.995. The molecule has 0 N–H and O–H groups in total. The highest BCUT2D eigenvalue weighted by Crippen LogP contribution is 2.53.